The van der Waals surface area contributed by atoms with Gasteiger partial charge < -0.3 is 5.32 Å². The number of hydrogen-bond acceptors (Lipinski definition) is 3. The first kappa shape index (κ1) is 8.79. The van der Waals surface area contributed by atoms with Crippen LogP contribution in [0.4, 0.5) is 4.39 Å². The van der Waals surface area contributed by atoms with E-state index in [0.29, 0.717) is 11.6 Å². The van der Waals surface area contributed by atoms with Gasteiger partial charge in [0.2, 0.25) is 0 Å². The molecular formula is C10H11FN4. The van der Waals surface area contributed by atoms with Gasteiger partial charge in [-0.1, -0.05) is 0 Å². The van der Waals surface area contributed by atoms with Crippen LogP contribution in [0.3, 0.4) is 0 Å². The van der Waals surface area contributed by atoms with Crippen LogP contribution in [-0.4, -0.2) is 27.7 Å². The first-order valence-electron chi connectivity index (χ1n) is 5.03. The van der Waals surface area contributed by atoms with Crippen molar-refractivity contribution in [2.24, 2.45) is 5.92 Å². The number of rotatable bonds is 2. The molecule has 1 N–H and O–H groups in total. The molecule has 2 aromatic rings. The molecule has 0 aromatic carbocycles. The monoisotopic (exact) mass is 206 g/mol. The lowest BCUT2D eigenvalue weighted by Crippen LogP contribution is -2.43. The van der Waals surface area contributed by atoms with E-state index < -0.39 is 0 Å². The zero-order valence-electron chi connectivity index (χ0n) is 8.15. The average molecular weight is 206 g/mol. The van der Waals surface area contributed by atoms with Crippen LogP contribution in [0.25, 0.3) is 5.65 Å². The van der Waals surface area contributed by atoms with Gasteiger partial charge in [0.1, 0.15) is 11.6 Å². The predicted octanol–water partition coefficient (Wildman–Crippen LogP) is 0.630. The molecule has 0 aliphatic carbocycles. The summed E-state index contributed by atoms with van der Waals surface area (Å²) in [5.41, 5.74) is 0.707. The molecule has 1 aliphatic heterocycles. The van der Waals surface area contributed by atoms with Crippen LogP contribution in [0.2, 0.25) is 0 Å². The van der Waals surface area contributed by atoms with Crippen LogP contribution >= 0.6 is 0 Å². The number of hydrogen-bond donors (Lipinski definition) is 1. The molecule has 1 aliphatic rings. The van der Waals surface area contributed by atoms with Crippen molar-refractivity contribution in [1.29, 1.82) is 0 Å². The highest BCUT2D eigenvalue weighted by Gasteiger charge is 2.19. The van der Waals surface area contributed by atoms with Gasteiger partial charge in [0.25, 0.3) is 0 Å². The number of nitrogens with zero attached hydrogens (tertiary/aromatic N) is 3. The van der Waals surface area contributed by atoms with Crippen LogP contribution in [0.15, 0.2) is 18.3 Å². The molecule has 0 atom stereocenters. The topological polar surface area (TPSA) is 42.2 Å². The third-order valence-corrected chi connectivity index (χ3v) is 2.77. The summed E-state index contributed by atoms with van der Waals surface area (Å²) in [5, 5.41) is 11.3. The van der Waals surface area contributed by atoms with Crippen molar-refractivity contribution < 1.29 is 4.39 Å². The minimum absolute atomic E-state index is 0.254. The van der Waals surface area contributed by atoms with E-state index in [1.54, 1.807) is 10.5 Å². The molecule has 0 unspecified atom stereocenters. The van der Waals surface area contributed by atoms with E-state index in [1.165, 1.54) is 12.3 Å². The molecule has 1 fully saturated rings. The summed E-state index contributed by atoms with van der Waals surface area (Å²) in [6.45, 7) is 2.04. The van der Waals surface area contributed by atoms with E-state index >= 15 is 0 Å². The fourth-order valence-corrected chi connectivity index (χ4v) is 1.80. The van der Waals surface area contributed by atoms with Gasteiger partial charge in [-0.3, -0.25) is 4.40 Å². The molecule has 15 heavy (non-hydrogen) atoms. The summed E-state index contributed by atoms with van der Waals surface area (Å²) >= 11 is 0. The molecule has 0 amide bonds. The van der Waals surface area contributed by atoms with E-state index in [-0.39, 0.29) is 5.82 Å². The van der Waals surface area contributed by atoms with Gasteiger partial charge in [0, 0.05) is 12.6 Å². The van der Waals surface area contributed by atoms with Gasteiger partial charge in [-0.25, -0.2) is 4.39 Å². The molecule has 0 radical (unpaired) electrons. The summed E-state index contributed by atoms with van der Waals surface area (Å²) in [4.78, 5) is 0. The second kappa shape index (κ2) is 3.27. The normalized spacial score (nSPS) is 16.9. The fraction of sp³-hybridized carbons (Fsp3) is 0.400. The quantitative estimate of drug-likeness (QED) is 0.783. The Morgan fingerprint density at radius 2 is 2.27 bits per heavy atom. The van der Waals surface area contributed by atoms with Gasteiger partial charge in [-0.05, 0) is 31.1 Å². The number of nitrogens with one attached hydrogen (secondary N) is 1. The van der Waals surface area contributed by atoms with E-state index in [1.807, 2.05) is 0 Å². The smallest absolute Gasteiger partial charge is 0.160 e. The Kier molecular flexibility index (Phi) is 1.92. The number of aromatic nitrogens is 3. The molecule has 78 valence electrons. The Bertz CT molecular complexity index is 489. The maximum Gasteiger partial charge on any atom is 0.160 e. The Morgan fingerprint density at radius 1 is 1.40 bits per heavy atom. The summed E-state index contributed by atoms with van der Waals surface area (Å²) in [7, 11) is 0. The van der Waals surface area contributed by atoms with Gasteiger partial charge in [-0.2, -0.15) is 0 Å². The third kappa shape index (κ3) is 1.48. The van der Waals surface area contributed by atoms with Gasteiger partial charge in [0.05, 0.1) is 0 Å². The molecule has 4 nitrogen and oxygen atoms in total. The predicted molar refractivity (Wildman–Crippen MR) is 53.0 cm³/mol. The van der Waals surface area contributed by atoms with Crippen molar-refractivity contribution in [3.63, 3.8) is 0 Å². The van der Waals surface area contributed by atoms with Gasteiger partial charge >= 0.3 is 0 Å². The molecular weight excluding hydrogens is 195 g/mol. The Labute approximate surface area is 86.1 Å². The van der Waals surface area contributed by atoms with Crippen LogP contribution in [0.5, 0.6) is 0 Å². The lowest BCUT2D eigenvalue weighted by atomic mass is 9.99. The second-order valence-corrected chi connectivity index (χ2v) is 3.92. The Morgan fingerprint density at radius 3 is 3.00 bits per heavy atom. The highest BCUT2D eigenvalue weighted by atomic mass is 19.1. The minimum Gasteiger partial charge on any atom is -0.316 e. The first-order chi connectivity index (χ1) is 7.33. The summed E-state index contributed by atoms with van der Waals surface area (Å²) < 4.78 is 14.8. The molecule has 0 saturated carbocycles. The Hall–Kier alpha value is -1.49. The molecule has 2 aromatic heterocycles. The van der Waals surface area contributed by atoms with Crippen molar-refractivity contribution in [2.75, 3.05) is 13.1 Å². The highest BCUT2D eigenvalue weighted by Crippen LogP contribution is 2.12. The first-order valence-corrected chi connectivity index (χ1v) is 5.03. The summed E-state index contributed by atoms with van der Waals surface area (Å²) in [5.74, 6) is 1.20. The minimum atomic E-state index is -0.254. The van der Waals surface area contributed by atoms with Crippen molar-refractivity contribution in [1.82, 2.24) is 19.9 Å². The average Bonchev–Trinajstić information content (AvgIpc) is 2.54. The van der Waals surface area contributed by atoms with Crippen molar-refractivity contribution in [3.8, 4) is 0 Å². The maximum absolute atomic E-state index is 13.0. The van der Waals surface area contributed by atoms with E-state index in [2.05, 4.69) is 15.5 Å². The highest BCUT2D eigenvalue weighted by molar-refractivity contribution is 5.37. The van der Waals surface area contributed by atoms with Crippen molar-refractivity contribution in [2.45, 2.75) is 6.42 Å². The molecule has 1 saturated heterocycles. The van der Waals surface area contributed by atoms with Gasteiger partial charge in [0.15, 0.2) is 5.65 Å². The van der Waals surface area contributed by atoms with Crippen LogP contribution in [-0.2, 0) is 6.42 Å². The fourth-order valence-electron chi connectivity index (χ4n) is 1.80. The molecule has 5 heteroatoms. The SMILES string of the molecule is Fc1ccc2nnc(CC3CNC3)n2c1. The number of fused-ring (bicyclic) bond motifs is 1. The molecule has 0 bridgehead atoms. The van der Waals surface area contributed by atoms with Crippen LogP contribution in [0.1, 0.15) is 5.82 Å². The third-order valence-electron chi connectivity index (χ3n) is 2.77. The number of halogens is 1. The van der Waals surface area contributed by atoms with Crippen LogP contribution in [0, 0.1) is 11.7 Å². The summed E-state index contributed by atoms with van der Waals surface area (Å²) in [6.07, 6.45) is 2.30. The Balaban J connectivity index is 1.98. The molecule has 3 rings (SSSR count). The lowest BCUT2D eigenvalue weighted by Gasteiger charge is -2.26. The lowest BCUT2D eigenvalue weighted by molar-refractivity contribution is 0.340. The summed E-state index contributed by atoms with van der Waals surface area (Å²) in [6, 6.07) is 3.05. The molecule has 0 spiro atoms. The largest absolute Gasteiger partial charge is 0.316 e. The standard InChI is InChI=1S/C10H11FN4/c11-8-1-2-9-13-14-10(15(9)6-8)3-7-4-12-5-7/h1-2,6-7,12H,3-5H2. The van der Waals surface area contributed by atoms with E-state index in [0.717, 1.165) is 25.3 Å². The number of pyridine rings is 1. The van der Waals surface area contributed by atoms with E-state index in [4.69, 9.17) is 0 Å². The van der Waals surface area contributed by atoms with Gasteiger partial charge in [-0.15, -0.1) is 10.2 Å². The van der Waals surface area contributed by atoms with E-state index in [9.17, 15) is 4.39 Å². The van der Waals surface area contributed by atoms with Crippen molar-refractivity contribution in [3.05, 3.63) is 30.0 Å². The van der Waals surface area contributed by atoms with Crippen molar-refractivity contribution >= 4 is 5.65 Å². The zero-order chi connectivity index (χ0) is 10.3. The second-order valence-electron chi connectivity index (χ2n) is 3.92. The maximum atomic E-state index is 13.0. The van der Waals surface area contributed by atoms with Crippen LogP contribution < -0.4 is 5.32 Å². The zero-order valence-corrected chi connectivity index (χ0v) is 8.15. The molecule has 3 heterocycles.